The van der Waals surface area contributed by atoms with Gasteiger partial charge in [0.25, 0.3) is 5.91 Å². The Morgan fingerprint density at radius 2 is 1.92 bits per heavy atom. The average molecular weight is 326 g/mol. The van der Waals surface area contributed by atoms with Crippen LogP contribution in [0.25, 0.3) is 5.57 Å². The Labute approximate surface area is 142 Å². The van der Waals surface area contributed by atoms with E-state index in [2.05, 4.69) is 23.8 Å². The van der Waals surface area contributed by atoms with Crippen molar-refractivity contribution in [3.8, 4) is 0 Å². The van der Waals surface area contributed by atoms with E-state index in [1.807, 2.05) is 13.8 Å². The standard InChI is InChI=1S/C20H23FN2O/c1-14(16-7-9-18(21)10-8-16)12-15(2)20(3,4)23-19(24)17-6-5-11-22-13-17/h5-11,13,15H,1,12H2,2-4H3,(H,23,24). The van der Waals surface area contributed by atoms with E-state index in [0.29, 0.717) is 12.0 Å². The van der Waals surface area contributed by atoms with Crippen molar-refractivity contribution in [1.82, 2.24) is 10.3 Å². The van der Waals surface area contributed by atoms with E-state index in [1.165, 1.54) is 12.1 Å². The molecule has 1 aromatic heterocycles. The van der Waals surface area contributed by atoms with Gasteiger partial charge < -0.3 is 5.32 Å². The zero-order valence-electron chi connectivity index (χ0n) is 14.3. The molecule has 0 fully saturated rings. The summed E-state index contributed by atoms with van der Waals surface area (Å²) in [5, 5.41) is 3.06. The summed E-state index contributed by atoms with van der Waals surface area (Å²) in [6.07, 6.45) is 3.89. The van der Waals surface area contributed by atoms with Crippen LogP contribution in [0.3, 0.4) is 0 Å². The van der Waals surface area contributed by atoms with E-state index in [4.69, 9.17) is 0 Å². The van der Waals surface area contributed by atoms with Gasteiger partial charge in [-0.25, -0.2) is 4.39 Å². The Balaban J connectivity index is 2.01. The Bertz CT molecular complexity index is 708. The van der Waals surface area contributed by atoms with Gasteiger partial charge in [0.2, 0.25) is 0 Å². The van der Waals surface area contributed by atoms with Crippen molar-refractivity contribution in [1.29, 1.82) is 0 Å². The highest BCUT2D eigenvalue weighted by molar-refractivity contribution is 5.94. The van der Waals surface area contributed by atoms with Gasteiger partial charge in [-0.2, -0.15) is 0 Å². The molecule has 0 radical (unpaired) electrons. The zero-order chi connectivity index (χ0) is 17.7. The molecular formula is C20H23FN2O. The molecular weight excluding hydrogens is 303 g/mol. The number of benzene rings is 1. The monoisotopic (exact) mass is 326 g/mol. The van der Waals surface area contributed by atoms with Crippen LogP contribution in [-0.2, 0) is 0 Å². The number of hydrogen-bond donors (Lipinski definition) is 1. The van der Waals surface area contributed by atoms with Crippen LogP contribution in [0.5, 0.6) is 0 Å². The number of hydrogen-bond acceptors (Lipinski definition) is 2. The van der Waals surface area contributed by atoms with E-state index in [0.717, 1.165) is 11.1 Å². The van der Waals surface area contributed by atoms with Crippen molar-refractivity contribution in [2.45, 2.75) is 32.7 Å². The number of carbonyl (C=O) groups excluding carboxylic acids is 1. The van der Waals surface area contributed by atoms with Gasteiger partial charge in [0.05, 0.1) is 5.56 Å². The first-order chi connectivity index (χ1) is 11.3. The SMILES string of the molecule is C=C(CC(C)C(C)(C)NC(=O)c1cccnc1)c1ccc(F)cc1. The minimum absolute atomic E-state index is 0.146. The summed E-state index contributed by atoms with van der Waals surface area (Å²) < 4.78 is 13.0. The number of carbonyl (C=O) groups is 1. The summed E-state index contributed by atoms with van der Waals surface area (Å²) in [6.45, 7) is 10.1. The molecule has 3 nitrogen and oxygen atoms in total. The minimum atomic E-state index is -0.421. The molecule has 0 bridgehead atoms. The van der Waals surface area contributed by atoms with Crippen LogP contribution in [0.1, 0.15) is 43.1 Å². The summed E-state index contributed by atoms with van der Waals surface area (Å²) in [5.74, 6) is -0.258. The van der Waals surface area contributed by atoms with Gasteiger partial charge in [-0.05, 0) is 61.6 Å². The molecule has 24 heavy (non-hydrogen) atoms. The molecule has 0 spiro atoms. The van der Waals surface area contributed by atoms with Crippen molar-refractivity contribution in [2.75, 3.05) is 0 Å². The Hall–Kier alpha value is -2.49. The molecule has 0 aliphatic rings. The number of aromatic nitrogens is 1. The zero-order valence-corrected chi connectivity index (χ0v) is 14.3. The van der Waals surface area contributed by atoms with Gasteiger partial charge in [-0.3, -0.25) is 9.78 Å². The molecule has 1 aromatic carbocycles. The maximum atomic E-state index is 13.0. The summed E-state index contributed by atoms with van der Waals surface area (Å²) in [7, 11) is 0. The van der Waals surface area contributed by atoms with E-state index in [1.54, 1.807) is 36.7 Å². The quantitative estimate of drug-likeness (QED) is 0.851. The first kappa shape index (κ1) is 17.9. The highest BCUT2D eigenvalue weighted by atomic mass is 19.1. The minimum Gasteiger partial charge on any atom is -0.347 e. The molecule has 1 heterocycles. The normalized spacial score (nSPS) is 12.5. The number of halogens is 1. The van der Waals surface area contributed by atoms with Gasteiger partial charge in [-0.1, -0.05) is 25.6 Å². The lowest BCUT2D eigenvalue weighted by Gasteiger charge is -2.33. The van der Waals surface area contributed by atoms with E-state index in [-0.39, 0.29) is 17.6 Å². The molecule has 1 amide bonds. The Morgan fingerprint density at radius 3 is 2.50 bits per heavy atom. The number of allylic oxidation sites excluding steroid dienone is 1. The summed E-state index contributed by atoms with van der Waals surface area (Å²) >= 11 is 0. The number of nitrogens with zero attached hydrogens (tertiary/aromatic N) is 1. The number of pyridine rings is 1. The van der Waals surface area contributed by atoms with Gasteiger partial charge in [-0.15, -0.1) is 0 Å². The predicted molar refractivity (Wildman–Crippen MR) is 95.0 cm³/mol. The fourth-order valence-corrected chi connectivity index (χ4v) is 2.41. The topological polar surface area (TPSA) is 42.0 Å². The molecule has 0 saturated heterocycles. The second-order valence-electron chi connectivity index (χ2n) is 6.63. The van der Waals surface area contributed by atoms with Gasteiger partial charge >= 0.3 is 0 Å². The van der Waals surface area contributed by atoms with Crippen molar-refractivity contribution in [3.63, 3.8) is 0 Å². The predicted octanol–water partition coefficient (Wildman–Crippen LogP) is 4.47. The van der Waals surface area contributed by atoms with E-state index < -0.39 is 5.54 Å². The maximum absolute atomic E-state index is 13.0. The lowest BCUT2D eigenvalue weighted by atomic mass is 9.82. The molecule has 4 heteroatoms. The van der Waals surface area contributed by atoms with E-state index in [9.17, 15) is 9.18 Å². The molecule has 0 aliphatic carbocycles. The summed E-state index contributed by atoms with van der Waals surface area (Å²) in [4.78, 5) is 16.3. The van der Waals surface area contributed by atoms with Crippen LogP contribution in [0, 0.1) is 11.7 Å². The van der Waals surface area contributed by atoms with Gasteiger partial charge in [0.1, 0.15) is 5.82 Å². The molecule has 1 N–H and O–H groups in total. The Kier molecular flexibility index (Phi) is 5.50. The third kappa shape index (κ3) is 4.51. The van der Waals surface area contributed by atoms with Crippen molar-refractivity contribution in [2.24, 2.45) is 5.92 Å². The molecule has 1 atom stereocenters. The fourth-order valence-electron chi connectivity index (χ4n) is 2.41. The van der Waals surface area contributed by atoms with Crippen LogP contribution in [0.2, 0.25) is 0 Å². The highest BCUT2D eigenvalue weighted by Crippen LogP contribution is 2.28. The maximum Gasteiger partial charge on any atom is 0.253 e. The third-order valence-corrected chi connectivity index (χ3v) is 4.40. The average Bonchev–Trinajstić information content (AvgIpc) is 2.55. The lowest BCUT2D eigenvalue weighted by Crippen LogP contribution is -2.48. The van der Waals surface area contributed by atoms with Crippen LogP contribution in [0.15, 0.2) is 55.4 Å². The fraction of sp³-hybridized carbons (Fsp3) is 0.300. The van der Waals surface area contributed by atoms with Crippen LogP contribution in [-0.4, -0.2) is 16.4 Å². The van der Waals surface area contributed by atoms with Crippen molar-refractivity contribution < 1.29 is 9.18 Å². The van der Waals surface area contributed by atoms with Crippen LogP contribution >= 0.6 is 0 Å². The smallest absolute Gasteiger partial charge is 0.253 e. The third-order valence-electron chi connectivity index (χ3n) is 4.40. The number of nitrogens with one attached hydrogen (secondary N) is 1. The molecule has 0 saturated carbocycles. The molecule has 1 unspecified atom stereocenters. The summed E-state index contributed by atoms with van der Waals surface area (Å²) in [5.41, 5.74) is 1.95. The lowest BCUT2D eigenvalue weighted by molar-refractivity contribution is 0.0886. The van der Waals surface area contributed by atoms with Crippen molar-refractivity contribution >= 4 is 11.5 Å². The molecule has 0 aliphatic heterocycles. The molecule has 126 valence electrons. The number of amides is 1. The molecule has 2 rings (SSSR count). The van der Waals surface area contributed by atoms with Gasteiger partial charge in [0.15, 0.2) is 0 Å². The Morgan fingerprint density at radius 1 is 1.25 bits per heavy atom. The molecule has 2 aromatic rings. The first-order valence-corrected chi connectivity index (χ1v) is 7.96. The highest BCUT2D eigenvalue weighted by Gasteiger charge is 2.28. The second kappa shape index (κ2) is 7.39. The van der Waals surface area contributed by atoms with Gasteiger partial charge in [0, 0.05) is 17.9 Å². The first-order valence-electron chi connectivity index (χ1n) is 7.96. The number of rotatable bonds is 6. The van der Waals surface area contributed by atoms with Crippen molar-refractivity contribution in [3.05, 3.63) is 72.3 Å². The van der Waals surface area contributed by atoms with Crippen LogP contribution < -0.4 is 5.32 Å². The van der Waals surface area contributed by atoms with E-state index >= 15 is 0 Å². The summed E-state index contributed by atoms with van der Waals surface area (Å²) in [6, 6.07) is 9.79. The van der Waals surface area contributed by atoms with Crippen LogP contribution in [0.4, 0.5) is 4.39 Å². The second-order valence-corrected chi connectivity index (χ2v) is 6.63. The largest absolute Gasteiger partial charge is 0.347 e.